The van der Waals surface area contributed by atoms with Crippen LogP contribution in [-0.2, 0) is 13.0 Å². The van der Waals surface area contributed by atoms with Crippen LogP contribution >= 0.6 is 0 Å². The molecule has 7 heteroatoms. The Morgan fingerprint density at radius 2 is 1.83 bits per heavy atom. The monoisotopic (exact) mass is 329 g/mol. The molecule has 0 saturated heterocycles. The minimum absolute atomic E-state index is 0.00951. The number of benzene rings is 2. The highest BCUT2D eigenvalue weighted by Gasteiger charge is 2.11. The Bertz CT molecular complexity index is 729. The van der Waals surface area contributed by atoms with Gasteiger partial charge in [0.2, 0.25) is 0 Å². The molecule has 24 heavy (non-hydrogen) atoms. The summed E-state index contributed by atoms with van der Waals surface area (Å²) in [5, 5.41) is 25.1. The van der Waals surface area contributed by atoms with Crippen LogP contribution in [0.3, 0.4) is 0 Å². The van der Waals surface area contributed by atoms with Crippen molar-refractivity contribution in [2.75, 3.05) is 11.9 Å². The number of hydrogen-bond donors (Lipinski definition) is 3. The molecule has 0 bridgehead atoms. The normalized spacial score (nSPS) is 10.2. The first kappa shape index (κ1) is 17.4. The lowest BCUT2D eigenvalue weighted by Crippen LogP contribution is -2.30. The highest BCUT2D eigenvalue weighted by molar-refractivity contribution is 5.89. The zero-order valence-electron chi connectivity index (χ0n) is 13.3. The zero-order chi connectivity index (χ0) is 17.5. The van der Waals surface area contributed by atoms with Crippen molar-refractivity contribution in [3.8, 4) is 0 Å². The van der Waals surface area contributed by atoms with Gasteiger partial charge in [-0.25, -0.2) is 4.79 Å². The highest BCUT2D eigenvalue weighted by atomic mass is 16.6. The van der Waals surface area contributed by atoms with Gasteiger partial charge in [-0.15, -0.1) is 0 Å². The number of nitrogens with zero attached hydrogens (tertiary/aromatic N) is 1. The standard InChI is InChI=1S/C17H19N3O4/c1-12-10-15(6-7-16(12)20(23)24)19-17(22)18-9-8-13-2-4-14(11-21)5-3-13/h2-7,10,21H,8-9,11H2,1H3,(H2,18,19,22). The number of aliphatic hydroxyl groups excluding tert-OH is 1. The third-order valence-corrected chi connectivity index (χ3v) is 3.56. The summed E-state index contributed by atoms with van der Waals surface area (Å²) in [5.74, 6) is 0. The molecular weight excluding hydrogens is 310 g/mol. The van der Waals surface area contributed by atoms with Crippen LogP contribution in [0, 0.1) is 17.0 Å². The summed E-state index contributed by atoms with van der Waals surface area (Å²) in [5.41, 5.74) is 2.91. The lowest BCUT2D eigenvalue weighted by molar-refractivity contribution is -0.385. The van der Waals surface area contributed by atoms with E-state index in [1.54, 1.807) is 13.0 Å². The molecule has 0 aliphatic carbocycles. The number of urea groups is 1. The van der Waals surface area contributed by atoms with E-state index in [0.717, 1.165) is 11.1 Å². The number of aliphatic hydroxyl groups is 1. The number of carbonyl (C=O) groups is 1. The molecule has 0 spiro atoms. The molecule has 2 aromatic rings. The van der Waals surface area contributed by atoms with Crippen molar-refractivity contribution in [1.29, 1.82) is 0 Å². The molecule has 0 radical (unpaired) electrons. The Labute approximate surface area is 139 Å². The molecule has 0 atom stereocenters. The molecule has 3 N–H and O–H groups in total. The molecule has 0 aliphatic rings. The van der Waals surface area contributed by atoms with Crippen molar-refractivity contribution in [3.63, 3.8) is 0 Å². The van der Waals surface area contributed by atoms with Crippen LogP contribution in [0.2, 0.25) is 0 Å². The average Bonchev–Trinajstić information content (AvgIpc) is 2.55. The molecule has 0 aliphatic heterocycles. The van der Waals surface area contributed by atoms with Crippen LogP contribution in [0.25, 0.3) is 0 Å². The molecular formula is C17H19N3O4. The third-order valence-electron chi connectivity index (χ3n) is 3.56. The summed E-state index contributed by atoms with van der Waals surface area (Å²) in [7, 11) is 0. The highest BCUT2D eigenvalue weighted by Crippen LogP contribution is 2.21. The summed E-state index contributed by atoms with van der Waals surface area (Å²) in [6, 6.07) is 11.6. The van der Waals surface area contributed by atoms with Crippen molar-refractivity contribution < 1.29 is 14.8 Å². The van der Waals surface area contributed by atoms with Crippen LogP contribution in [0.4, 0.5) is 16.2 Å². The van der Waals surface area contributed by atoms with Gasteiger partial charge in [0.1, 0.15) is 0 Å². The molecule has 0 fully saturated rings. The third kappa shape index (κ3) is 4.79. The molecule has 2 aromatic carbocycles. The first-order valence-electron chi connectivity index (χ1n) is 7.48. The van der Waals surface area contributed by atoms with E-state index in [4.69, 9.17) is 5.11 Å². The fourth-order valence-electron chi connectivity index (χ4n) is 2.25. The summed E-state index contributed by atoms with van der Waals surface area (Å²) < 4.78 is 0. The van der Waals surface area contributed by atoms with Gasteiger partial charge in [-0.2, -0.15) is 0 Å². The quantitative estimate of drug-likeness (QED) is 0.560. The molecule has 0 aromatic heterocycles. The number of nitrogens with one attached hydrogen (secondary N) is 2. The Morgan fingerprint density at radius 1 is 1.17 bits per heavy atom. The zero-order valence-corrected chi connectivity index (χ0v) is 13.3. The lowest BCUT2D eigenvalue weighted by atomic mass is 10.1. The SMILES string of the molecule is Cc1cc(NC(=O)NCCc2ccc(CO)cc2)ccc1[N+](=O)[O-]. The van der Waals surface area contributed by atoms with Gasteiger partial charge < -0.3 is 15.7 Å². The number of carbonyl (C=O) groups excluding carboxylic acids is 1. The van der Waals surface area contributed by atoms with Gasteiger partial charge in [0.05, 0.1) is 11.5 Å². The molecule has 126 valence electrons. The maximum atomic E-state index is 11.8. The summed E-state index contributed by atoms with van der Waals surface area (Å²) in [4.78, 5) is 22.2. The van der Waals surface area contributed by atoms with Gasteiger partial charge >= 0.3 is 6.03 Å². The molecule has 7 nitrogen and oxygen atoms in total. The minimum atomic E-state index is -0.457. The predicted octanol–water partition coefficient (Wildman–Crippen LogP) is 2.76. The van der Waals surface area contributed by atoms with E-state index in [-0.39, 0.29) is 18.3 Å². The fraction of sp³-hybridized carbons (Fsp3) is 0.235. The fourth-order valence-corrected chi connectivity index (χ4v) is 2.25. The van der Waals surface area contributed by atoms with Gasteiger partial charge in [0.25, 0.3) is 5.69 Å². The maximum absolute atomic E-state index is 11.8. The van der Waals surface area contributed by atoms with Gasteiger partial charge in [0, 0.05) is 23.9 Å². The first-order chi connectivity index (χ1) is 11.5. The van der Waals surface area contributed by atoms with Gasteiger partial charge in [-0.3, -0.25) is 10.1 Å². The summed E-state index contributed by atoms with van der Waals surface area (Å²) in [6.45, 7) is 2.09. The Balaban J connectivity index is 1.82. The van der Waals surface area contributed by atoms with Gasteiger partial charge in [-0.1, -0.05) is 24.3 Å². The van der Waals surface area contributed by atoms with E-state index >= 15 is 0 Å². The topological polar surface area (TPSA) is 104 Å². The second-order valence-corrected chi connectivity index (χ2v) is 5.36. The van der Waals surface area contributed by atoms with E-state index in [9.17, 15) is 14.9 Å². The van der Waals surface area contributed by atoms with Crippen molar-refractivity contribution in [2.45, 2.75) is 20.0 Å². The maximum Gasteiger partial charge on any atom is 0.319 e. The molecule has 0 unspecified atom stereocenters. The molecule has 2 amide bonds. The number of nitro groups is 1. The Kier molecular flexibility index (Phi) is 5.86. The largest absolute Gasteiger partial charge is 0.392 e. The number of amides is 2. The number of rotatable bonds is 6. The molecule has 0 saturated carbocycles. The summed E-state index contributed by atoms with van der Waals surface area (Å²) in [6.07, 6.45) is 0.665. The van der Waals surface area contributed by atoms with E-state index in [1.807, 2.05) is 24.3 Å². The van der Waals surface area contributed by atoms with Gasteiger partial charge in [-0.05, 0) is 36.6 Å². The van der Waals surface area contributed by atoms with Crippen molar-refractivity contribution >= 4 is 17.4 Å². The smallest absolute Gasteiger partial charge is 0.319 e. The van der Waals surface area contributed by atoms with Gasteiger partial charge in [0.15, 0.2) is 0 Å². The lowest BCUT2D eigenvalue weighted by Gasteiger charge is -2.09. The van der Waals surface area contributed by atoms with E-state index < -0.39 is 4.92 Å². The number of nitro benzene ring substituents is 1. The number of aryl methyl sites for hydroxylation is 1. The Hall–Kier alpha value is -2.93. The molecule has 0 heterocycles. The second kappa shape index (κ2) is 8.07. The van der Waals surface area contributed by atoms with Crippen LogP contribution in [0.5, 0.6) is 0 Å². The van der Waals surface area contributed by atoms with Crippen LogP contribution in [0.15, 0.2) is 42.5 Å². The first-order valence-corrected chi connectivity index (χ1v) is 7.48. The van der Waals surface area contributed by atoms with E-state index in [2.05, 4.69) is 10.6 Å². The minimum Gasteiger partial charge on any atom is -0.392 e. The Morgan fingerprint density at radius 3 is 2.42 bits per heavy atom. The van der Waals surface area contributed by atoms with Crippen molar-refractivity contribution in [1.82, 2.24) is 5.32 Å². The van der Waals surface area contributed by atoms with E-state index in [0.29, 0.717) is 24.2 Å². The predicted molar refractivity (Wildman–Crippen MR) is 90.9 cm³/mol. The van der Waals surface area contributed by atoms with Crippen LogP contribution in [0.1, 0.15) is 16.7 Å². The van der Waals surface area contributed by atoms with Crippen molar-refractivity contribution in [2.24, 2.45) is 0 Å². The average molecular weight is 329 g/mol. The van der Waals surface area contributed by atoms with Crippen LogP contribution < -0.4 is 10.6 Å². The van der Waals surface area contributed by atoms with Crippen molar-refractivity contribution in [3.05, 3.63) is 69.3 Å². The molecule has 2 rings (SSSR count). The van der Waals surface area contributed by atoms with E-state index in [1.165, 1.54) is 12.1 Å². The second-order valence-electron chi connectivity index (χ2n) is 5.36. The number of anilines is 1. The van der Waals surface area contributed by atoms with Crippen LogP contribution in [-0.4, -0.2) is 22.6 Å². The number of hydrogen-bond acceptors (Lipinski definition) is 4. The summed E-state index contributed by atoms with van der Waals surface area (Å²) >= 11 is 0.